The Morgan fingerprint density at radius 3 is 2.00 bits per heavy atom. The predicted octanol–water partition coefficient (Wildman–Crippen LogP) is 1.11. The highest BCUT2D eigenvalue weighted by molar-refractivity contribution is 5.33. The first-order valence-corrected chi connectivity index (χ1v) is 3.51. The normalized spacial score (nSPS) is 8.92. The summed E-state index contributed by atoms with van der Waals surface area (Å²) >= 11 is 0. The fourth-order valence-corrected chi connectivity index (χ4v) is 0.769. The molecular formula is C9H14N2O. The molecule has 0 saturated heterocycles. The lowest BCUT2D eigenvalue weighted by molar-refractivity contribution is 0.462. The van der Waals surface area contributed by atoms with E-state index in [1.807, 2.05) is 0 Å². The number of phenolic OH excluding ortho intramolecular Hbond substituents is 1. The Morgan fingerprint density at radius 2 is 1.67 bits per heavy atom. The van der Waals surface area contributed by atoms with Gasteiger partial charge in [-0.3, -0.25) is 0 Å². The van der Waals surface area contributed by atoms with Gasteiger partial charge in [-0.15, -0.1) is 13.2 Å². The highest BCUT2D eigenvalue weighted by Gasteiger charge is 2.02. The van der Waals surface area contributed by atoms with Gasteiger partial charge in [-0.05, 0) is 6.07 Å². The zero-order chi connectivity index (χ0) is 9.56. The van der Waals surface area contributed by atoms with E-state index in [-0.39, 0.29) is 5.75 Å². The maximum atomic E-state index is 9.12. The van der Waals surface area contributed by atoms with Crippen molar-refractivity contribution in [3.8, 4) is 5.75 Å². The third-order valence-corrected chi connectivity index (χ3v) is 1.30. The molecule has 0 saturated carbocycles. The van der Waals surface area contributed by atoms with Crippen molar-refractivity contribution in [1.82, 2.24) is 0 Å². The van der Waals surface area contributed by atoms with Gasteiger partial charge < -0.3 is 16.6 Å². The van der Waals surface area contributed by atoms with E-state index in [1.54, 1.807) is 24.3 Å². The third-order valence-electron chi connectivity index (χ3n) is 1.30. The summed E-state index contributed by atoms with van der Waals surface area (Å²) in [6.07, 6.45) is -0.596. The fourth-order valence-electron chi connectivity index (χ4n) is 0.769. The summed E-state index contributed by atoms with van der Waals surface area (Å²) in [7, 11) is 0. The quantitative estimate of drug-likeness (QED) is 0.432. The van der Waals surface area contributed by atoms with E-state index >= 15 is 0 Å². The van der Waals surface area contributed by atoms with E-state index < -0.39 is 6.17 Å². The summed E-state index contributed by atoms with van der Waals surface area (Å²) in [5.74, 6) is 0.150. The van der Waals surface area contributed by atoms with E-state index in [0.717, 1.165) is 0 Å². The van der Waals surface area contributed by atoms with E-state index in [2.05, 4.69) is 13.2 Å². The van der Waals surface area contributed by atoms with Gasteiger partial charge in [0.25, 0.3) is 0 Å². The Hall–Kier alpha value is -1.32. The molecule has 0 heterocycles. The lowest BCUT2D eigenvalue weighted by Crippen LogP contribution is -2.19. The molecule has 0 bridgehead atoms. The standard InChI is InChI=1S/C7H10N2O.C2H4/c8-7(9)5-3-1-2-4-6(5)10;1-2/h1-4,7,10H,8-9H2;1-2H2. The molecule has 0 aliphatic rings. The molecule has 0 amide bonds. The average molecular weight is 166 g/mol. The molecule has 0 aromatic heterocycles. The maximum absolute atomic E-state index is 9.12. The molecule has 1 aromatic carbocycles. The van der Waals surface area contributed by atoms with Gasteiger partial charge >= 0.3 is 0 Å². The second-order valence-corrected chi connectivity index (χ2v) is 2.08. The molecule has 66 valence electrons. The van der Waals surface area contributed by atoms with Crippen molar-refractivity contribution >= 4 is 0 Å². The van der Waals surface area contributed by atoms with Gasteiger partial charge in [-0.1, -0.05) is 18.2 Å². The second kappa shape index (κ2) is 5.35. The molecule has 12 heavy (non-hydrogen) atoms. The molecule has 1 aromatic rings. The zero-order valence-corrected chi connectivity index (χ0v) is 6.90. The Kier molecular flexibility index (Phi) is 4.76. The van der Waals surface area contributed by atoms with Gasteiger partial charge in [-0.25, -0.2) is 0 Å². The summed E-state index contributed by atoms with van der Waals surface area (Å²) in [5, 5.41) is 9.12. The summed E-state index contributed by atoms with van der Waals surface area (Å²) in [5.41, 5.74) is 11.2. The third kappa shape index (κ3) is 2.74. The first-order chi connectivity index (χ1) is 5.72. The van der Waals surface area contributed by atoms with Crippen LogP contribution in [-0.4, -0.2) is 5.11 Å². The first kappa shape index (κ1) is 10.7. The fraction of sp³-hybridized carbons (Fsp3) is 0.111. The van der Waals surface area contributed by atoms with Crippen molar-refractivity contribution in [2.45, 2.75) is 6.17 Å². The second-order valence-electron chi connectivity index (χ2n) is 2.08. The number of para-hydroxylation sites is 1. The van der Waals surface area contributed by atoms with Crippen molar-refractivity contribution < 1.29 is 5.11 Å². The summed E-state index contributed by atoms with van der Waals surface area (Å²) in [4.78, 5) is 0. The van der Waals surface area contributed by atoms with Gasteiger partial charge in [0.1, 0.15) is 5.75 Å². The molecule has 0 fully saturated rings. The summed E-state index contributed by atoms with van der Waals surface area (Å²) in [6, 6.07) is 6.76. The van der Waals surface area contributed by atoms with Crippen molar-refractivity contribution in [1.29, 1.82) is 0 Å². The minimum atomic E-state index is -0.596. The van der Waals surface area contributed by atoms with Gasteiger partial charge in [0.15, 0.2) is 0 Å². The molecule has 0 aliphatic heterocycles. The van der Waals surface area contributed by atoms with Crippen molar-refractivity contribution in [3.05, 3.63) is 43.0 Å². The number of rotatable bonds is 1. The van der Waals surface area contributed by atoms with Crippen molar-refractivity contribution in [2.75, 3.05) is 0 Å². The molecular weight excluding hydrogens is 152 g/mol. The van der Waals surface area contributed by atoms with Crippen molar-refractivity contribution in [3.63, 3.8) is 0 Å². The number of benzene rings is 1. The highest BCUT2D eigenvalue weighted by atomic mass is 16.3. The Labute approximate surface area is 72.3 Å². The van der Waals surface area contributed by atoms with Crippen LogP contribution in [0.25, 0.3) is 0 Å². The molecule has 0 atom stereocenters. The Balaban J connectivity index is 0.000000561. The number of hydrogen-bond acceptors (Lipinski definition) is 3. The molecule has 1 rings (SSSR count). The largest absolute Gasteiger partial charge is 0.508 e. The van der Waals surface area contributed by atoms with Crippen LogP contribution in [0.15, 0.2) is 37.4 Å². The van der Waals surface area contributed by atoms with E-state index in [9.17, 15) is 0 Å². The van der Waals surface area contributed by atoms with Crippen LogP contribution in [0.2, 0.25) is 0 Å². The maximum Gasteiger partial charge on any atom is 0.121 e. The molecule has 0 radical (unpaired) electrons. The van der Waals surface area contributed by atoms with E-state index in [4.69, 9.17) is 16.6 Å². The van der Waals surface area contributed by atoms with Crippen molar-refractivity contribution in [2.24, 2.45) is 11.5 Å². The van der Waals surface area contributed by atoms with Crippen LogP contribution in [0, 0.1) is 0 Å². The highest BCUT2D eigenvalue weighted by Crippen LogP contribution is 2.18. The molecule has 0 unspecified atom stereocenters. The molecule has 5 N–H and O–H groups in total. The van der Waals surface area contributed by atoms with Gasteiger partial charge in [-0.2, -0.15) is 0 Å². The van der Waals surface area contributed by atoms with E-state index in [0.29, 0.717) is 5.56 Å². The Morgan fingerprint density at radius 1 is 1.17 bits per heavy atom. The van der Waals surface area contributed by atoms with Crippen LogP contribution in [0.1, 0.15) is 11.7 Å². The Bertz CT molecular complexity index is 236. The predicted molar refractivity (Wildman–Crippen MR) is 50.5 cm³/mol. The lowest BCUT2D eigenvalue weighted by atomic mass is 10.1. The van der Waals surface area contributed by atoms with Gasteiger partial charge in [0.2, 0.25) is 0 Å². The first-order valence-electron chi connectivity index (χ1n) is 3.51. The molecule has 3 heteroatoms. The zero-order valence-electron chi connectivity index (χ0n) is 6.90. The smallest absolute Gasteiger partial charge is 0.121 e. The lowest BCUT2D eigenvalue weighted by Gasteiger charge is -2.06. The van der Waals surface area contributed by atoms with Gasteiger partial charge in [0, 0.05) is 5.56 Å². The molecule has 0 spiro atoms. The number of nitrogens with two attached hydrogens (primary N) is 2. The van der Waals surface area contributed by atoms with Crippen LogP contribution >= 0.6 is 0 Å². The molecule has 0 aliphatic carbocycles. The number of hydrogen-bond donors (Lipinski definition) is 3. The summed E-state index contributed by atoms with van der Waals surface area (Å²) < 4.78 is 0. The minimum absolute atomic E-state index is 0.150. The minimum Gasteiger partial charge on any atom is -0.508 e. The van der Waals surface area contributed by atoms with E-state index in [1.165, 1.54) is 0 Å². The van der Waals surface area contributed by atoms with Crippen LogP contribution in [-0.2, 0) is 0 Å². The van der Waals surface area contributed by atoms with Crippen LogP contribution < -0.4 is 11.5 Å². The average Bonchev–Trinajstić information content (AvgIpc) is 2.08. The van der Waals surface area contributed by atoms with Crippen LogP contribution in [0.5, 0.6) is 5.75 Å². The van der Waals surface area contributed by atoms with Crippen LogP contribution in [0.3, 0.4) is 0 Å². The molecule has 3 nitrogen and oxygen atoms in total. The number of phenols is 1. The number of aromatic hydroxyl groups is 1. The van der Waals surface area contributed by atoms with Crippen LogP contribution in [0.4, 0.5) is 0 Å². The monoisotopic (exact) mass is 166 g/mol. The SMILES string of the molecule is C=C.NC(N)c1ccccc1O. The van der Waals surface area contributed by atoms with Gasteiger partial charge in [0.05, 0.1) is 6.17 Å². The topological polar surface area (TPSA) is 72.3 Å². The summed E-state index contributed by atoms with van der Waals surface area (Å²) in [6.45, 7) is 6.00.